The summed E-state index contributed by atoms with van der Waals surface area (Å²) in [5, 5.41) is 15.1. The van der Waals surface area contributed by atoms with Gasteiger partial charge in [-0.3, -0.25) is 9.59 Å². The molecule has 1 heterocycles. The Morgan fingerprint density at radius 1 is 1.06 bits per heavy atom. The van der Waals surface area contributed by atoms with E-state index in [1.54, 1.807) is 17.0 Å². The normalized spacial score (nSPS) is 15.8. The van der Waals surface area contributed by atoms with E-state index in [9.17, 15) is 14.7 Å². The van der Waals surface area contributed by atoms with Crippen LogP contribution in [0.4, 0.5) is 5.69 Å². The molecule has 1 aliphatic rings. The molecule has 2 amide bonds. The Kier molecular flexibility index (Phi) is 6.07. The van der Waals surface area contributed by atoms with Crippen molar-refractivity contribution in [2.75, 3.05) is 31.6 Å². The second-order valence-electron chi connectivity index (χ2n) is 7.89. The van der Waals surface area contributed by atoms with E-state index in [0.29, 0.717) is 31.4 Å². The first-order chi connectivity index (χ1) is 15.1. The maximum Gasteiger partial charge on any atom is 0.258 e. The summed E-state index contributed by atoms with van der Waals surface area (Å²) in [6, 6.07) is 20.3. The van der Waals surface area contributed by atoms with Crippen LogP contribution in [-0.4, -0.2) is 54.5 Å². The number of fused-ring (bicyclic) bond motifs is 1. The van der Waals surface area contributed by atoms with Crippen LogP contribution < -0.4 is 10.2 Å². The Labute approximate surface area is 182 Å². The molecule has 6 heteroatoms. The van der Waals surface area contributed by atoms with Crippen molar-refractivity contribution in [3.8, 4) is 5.75 Å². The standard InChI is InChI=1S/C25H27N3O3/c1-27(19-9-3-2-4-10-19)17-15-26-24(30)22-12-7-16-28(22)25(31)21-14-13-18-8-5-6-11-20(18)23(21)29/h2-6,8-11,13-14,22,29H,7,12,15-17H2,1H3,(H,26,30). The zero-order chi connectivity index (χ0) is 21.8. The fourth-order valence-electron chi connectivity index (χ4n) is 4.14. The van der Waals surface area contributed by atoms with E-state index in [-0.39, 0.29) is 23.1 Å². The molecule has 0 radical (unpaired) electrons. The third kappa shape index (κ3) is 4.33. The smallest absolute Gasteiger partial charge is 0.258 e. The summed E-state index contributed by atoms with van der Waals surface area (Å²) in [5.74, 6) is -0.478. The maximum absolute atomic E-state index is 13.2. The van der Waals surface area contributed by atoms with Gasteiger partial charge in [0.1, 0.15) is 11.8 Å². The van der Waals surface area contributed by atoms with Crippen molar-refractivity contribution < 1.29 is 14.7 Å². The quantitative estimate of drug-likeness (QED) is 0.645. The molecule has 6 nitrogen and oxygen atoms in total. The zero-order valence-corrected chi connectivity index (χ0v) is 17.6. The van der Waals surface area contributed by atoms with Crippen LogP contribution in [0.2, 0.25) is 0 Å². The van der Waals surface area contributed by atoms with E-state index in [4.69, 9.17) is 0 Å². The van der Waals surface area contributed by atoms with Crippen LogP contribution in [0.25, 0.3) is 10.8 Å². The van der Waals surface area contributed by atoms with Crippen molar-refractivity contribution in [2.24, 2.45) is 0 Å². The van der Waals surface area contributed by atoms with Gasteiger partial charge in [0.15, 0.2) is 0 Å². The number of nitrogens with one attached hydrogen (secondary N) is 1. The Bertz CT molecular complexity index is 1080. The maximum atomic E-state index is 13.2. The summed E-state index contributed by atoms with van der Waals surface area (Å²) in [4.78, 5) is 29.6. The first-order valence-electron chi connectivity index (χ1n) is 10.6. The molecule has 0 bridgehead atoms. The lowest BCUT2D eigenvalue weighted by atomic mass is 10.0. The number of rotatable bonds is 6. The van der Waals surface area contributed by atoms with Crippen LogP contribution in [0.5, 0.6) is 5.75 Å². The summed E-state index contributed by atoms with van der Waals surface area (Å²) in [7, 11) is 1.98. The van der Waals surface area contributed by atoms with Crippen molar-refractivity contribution in [1.82, 2.24) is 10.2 Å². The molecule has 160 valence electrons. The SMILES string of the molecule is CN(CCNC(=O)C1CCCN1C(=O)c1ccc2ccccc2c1O)c1ccccc1. The minimum atomic E-state index is -0.514. The summed E-state index contributed by atoms with van der Waals surface area (Å²) in [5.41, 5.74) is 1.32. The Morgan fingerprint density at radius 2 is 1.81 bits per heavy atom. The number of carbonyl (C=O) groups is 2. The van der Waals surface area contributed by atoms with E-state index in [1.165, 1.54) is 0 Å². The van der Waals surface area contributed by atoms with Crippen molar-refractivity contribution in [3.05, 3.63) is 72.3 Å². The van der Waals surface area contributed by atoms with Gasteiger partial charge in [-0.05, 0) is 36.4 Å². The third-order valence-electron chi connectivity index (χ3n) is 5.89. The highest BCUT2D eigenvalue weighted by molar-refractivity contribution is 6.05. The van der Waals surface area contributed by atoms with Gasteiger partial charge in [0.05, 0.1) is 5.56 Å². The van der Waals surface area contributed by atoms with Gasteiger partial charge in [-0.1, -0.05) is 48.5 Å². The molecule has 1 unspecified atom stereocenters. The molecule has 2 N–H and O–H groups in total. The molecule has 0 aliphatic carbocycles. The van der Waals surface area contributed by atoms with Crippen molar-refractivity contribution in [1.29, 1.82) is 0 Å². The minimum Gasteiger partial charge on any atom is -0.506 e. The second-order valence-corrected chi connectivity index (χ2v) is 7.89. The number of nitrogens with zero attached hydrogens (tertiary/aromatic N) is 2. The molecule has 3 aromatic rings. The lowest BCUT2D eigenvalue weighted by Crippen LogP contribution is -2.47. The predicted molar refractivity (Wildman–Crippen MR) is 122 cm³/mol. The Balaban J connectivity index is 1.41. The van der Waals surface area contributed by atoms with Crippen molar-refractivity contribution in [2.45, 2.75) is 18.9 Å². The van der Waals surface area contributed by atoms with Crippen LogP contribution in [-0.2, 0) is 4.79 Å². The highest BCUT2D eigenvalue weighted by Gasteiger charge is 2.35. The van der Waals surface area contributed by atoms with Gasteiger partial charge in [0, 0.05) is 37.8 Å². The van der Waals surface area contributed by atoms with Gasteiger partial charge in [-0.2, -0.15) is 0 Å². The Morgan fingerprint density at radius 3 is 2.61 bits per heavy atom. The van der Waals surface area contributed by atoms with Gasteiger partial charge in [-0.15, -0.1) is 0 Å². The number of benzene rings is 3. The molecular weight excluding hydrogens is 390 g/mol. The summed E-state index contributed by atoms with van der Waals surface area (Å²) in [6.07, 6.45) is 1.39. The lowest BCUT2D eigenvalue weighted by Gasteiger charge is -2.25. The molecule has 3 aromatic carbocycles. The first-order valence-corrected chi connectivity index (χ1v) is 10.6. The van der Waals surface area contributed by atoms with E-state index in [1.807, 2.05) is 61.6 Å². The number of likely N-dealkylation sites (tertiary alicyclic amines) is 1. The van der Waals surface area contributed by atoms with Crippen LogP contribution in [0, 0.1) is 0 Å². The lowest BCUT2D eigenvalue weighted by molar-refractivity contribution is -0.124. The topological polar surface area (TPSA) is 72.9 Å². The van der Waals surface area contributed by atoms with Gasteiger partial charge in [0.25, 0.3) is 5.91 Å². The van der Waals surface area contributed by atoms with E-state index >= 15 is 0 Å². The highest BCUT2D eigenvalue weighted by atomic mass is 16.3. The highest BCUT2D eigenvalue weighted by Crippen LogP contribution is 2.31. The summed E-state index contributed by atoms with van der Waals surface area (Å²) >= 11 is 0. The molecule has 0 saturated carbocycles. The number of hydrogen-bond acceptors (Lipinski definition) is 4. The second kappa shape index (κ2) is 9.08. The van der Waals surface area contributed by atoms with Crippen LogP contribution in [0.3, 0.4) is 0 Å². The first kappa shape index (κ1) is 20.7. The molecular formula is C25H27N3O3. The molecule has 31 heavy (non-hydrogen) atoms. The van der Waals surface area contributed by atoms with Gasteiger partial charge < -0.3 is 20.2 Å². The number of phenols is 1. The third-order valence-corrected chi connectivity index (χ3v) is 5.89. The van der Waals surface area contributed by atoms with Gasteiger partial charge in [0.2, 0.25) is 5.91 Å². The number of para-hydroxylation sites is 1. The zero-order valence-electron chi connectivity index (χ0n) is 17.6. The van der Waals surface area contributed by atoms with Crippen LogP contribution in [0.15, 0.2) is 66.7 Å². The summed E-state index contributed by atoms with van der Waals surface area (Å²) in [6.45, 7) is 1.67. The van der Waals surface area contributed by atoms with Gasteiger partial charge >= 0.3 is 0 Å². The Hall–Kier alpha value is -3.54. The number of likely N-dealkylation sites (N-methyl/N-ethyl adjacent to an activating group) is 1. The molecule has 0 spiro atoms. The monoisotopic (exact) mass is 417 g/mol. The predicted octanol–water partition coefficient (Wildman–Crippen LogP) is 3.40. The van der Waals surface area contributed by atoms with Crippen molar-refractivity contribution >= 4 is 28.3 Å². The molecule has 0 aromatic heterocycles. The van der Waals surface area contributed by atoms with Crippen LogP contribution >= 0.6 is 0 Å². The molecule has 4 rings (SSSR count). The number of hydrogen-bond donors (Lipinski definition) is 2. The van der Waals surface area contributed by atoms with E-state index in [0.717, 1.165) is 17.5 Å². The molecule has 1 atom stereocenters. The average molecular weight is 418 g/mol. The number of amides is 2. The fraction of sp³-hybridized carbons (Fsp3) is 0.280. The number of aromatic hydroxyl groups is 1. The minimum absolute atomic E-state index is 0.0290. The number of phenolic OH excluding ortho intramolecular Hbond substituents is 1. The van der Waals surface area contributed by atoms with Crippen molar-refractivity contribution in [3.63, 3.8) is 0 Å². The summed E-state index contributed by atoms with van der Waals surface area (Å²) < 4.78 is 0. The number of anilines is 1. The number of carbonyl (C=O) groups excluding carboxylic acids is 2. The average Bonchev–Trinajstić information content (AvgIpc) is 3.30. The molecule has 1 saturated heterocycles. The van der Waals surface area contributed by atoms with Gasteiger partial charge in [-0.25, -0.2) is 0 Å². The van der Waals surface area contributed by atoms with E-state index < -0.39 is 6.04 Å². The van der Waals surface area contributed by atoms with Crippen LogP contribution in [0.1, 0.15) is 23.2 Å². The van der Waals surface area contributed by atoms with E-state index in [2.05, 4.69) is 10.2 Å². The largest absolute Gasteiger partial charge is 0.506 e. The fourth-order valence-corrected chi connectivity index (χ4v) is 4.14. The molecule has 1 aliphatic heterocycles. The molecule has 1 fully saturated rings.